The molecule has 1 aliphatic heterocycles. The summed E-state index contributed by atoms with van der Waals surface area (Å²) in [5.74, 6) is 0. The fourth-order valence-corrected chi connectivity index (χ4v) is 4.87. The number of aromatic amines is 1. The molecule has 1 aromatic heterocycles. The Kier molecular flexibility index (Phi) is 4.99. The van der Waals surface area contributed by atoms with Crippen LogP contribution in [0.2, 0.25) is 0 Å². The number of H-pyrrole nitrogens is 1. The molecule has 2 heterocycles. The van der Waals surface area contributed by atoms with E-state index in [1.54, 1.807) is 0 Å². The van der Waals surface area contributed by atoms with E-state index in [4.69, 9.17) is 9.84 Å². The molecule has 2 aromatic rings. The SMILES string of the molecule is O=c1[nH]c(=O)n([C@H]2C[C@H](O)[C@@H](CO)O2)cc1[Te]c1ccccc1. The Bertz CT molecular complexity index is 788. The molecule has 1 aliphatic rings. The van der Waals surface area contributed by atoms with E-state index in [0.29, 0.717) is 3.61 Å². The van der Waals surface area contributed by atoms with Gasteiger partial charge in [-0.2, -0.15) is 0 Å². The molecule has 0 saturated carbocycles. The van der Waals surface area contributed by atoms with Crippen molar-refractivity contribution in [2.24, 2.45) is 0 Å². The number of benzene rings is 1. The van der Waals surface area contributed by atoms with Crippen LogP contribution in [-0.2, 0) is 4.74 Å². The van der Waals surface area contributed by atoms with Crippen molar-refractivity contribution in [3.8, 4) is 0 Å². The Morgan fingerprint density at radius 2 is 2.04 bits per heavy atom. The molecular formula is C15H16N2O5Te. The van der Waals surface area contributed by atoms with Gasteiger partial charge in [0.2, 0.25) is 0 Å². The third-order valence-electron chi connectivity index (χ3n) is 3.60. The molecule has 0 amide bonds. The van der Waals surface area contributed by atoms with Crippen LogP contribution in [0.15, 0.2) is 46.1 Å². The molecule has 122 valence electrons. The fraction of sp³-hybridized carbons (Fsp3) is 0.333. The summed E-state index contributed by atoms with van der Waals surface area (Å²) in [4.78, 5) is 26.4. The Hall–Kier alpha value is -1.43. The van der Waals surface area contributed by atoms with Crippen LogP contribution in [0.4, 0.5) is 0 Å². The number of aromatic nitrogens is 2. The molecule has 1 fully saturated rings. The molecule has 23 heavy (non-hydrogen) atoms. The minimum atomic E-state index is -0.939. The van der Waals surface area contributed by atoms with Crippen molar-refractivity contribution in [3.05, 3.63) is 57.4 Å². The third-order valence-corrected chi connectivity index (χ3v) is 6.51. The molecule has 3 atom stereocenters. The first-order valence-electron chi connectivity index (χ1n) is 7.11. The number of nitrogens with zero attached hydrogens (tertiary/aromatic N) is 1. The van der Waals surface area contributed by atoms with Crippen molar-refractivity contribution in [2.45, 2.75) is 24.9 Å². The molecule has 3 N–H and O–H groups in total. The van der Waals surface area contributed by atoms with Crippen LogP contribution in [-0.4, -0.2) is 59.5 Å². The number of rotatable bonds is 4. The number of aliphatic hydroxyl groups is 2. The quantitative estimate of drug-likeness (QED) is 0.478. The van der Waals surface area contributed by atoms with E-state index < -0.39 is 45.0 Å². The van der Waals surface area contributed by atoms with E-state index >= 15 is 0 Å². The predicted octanol–water partition coefficient (Wildman–Crippen LogP) is -2.17. The Morgan fingerprint density at radius 1 is 1.30 bits per heavy atom. The van der Waals surface area contributed by atoms with Crippen molar-refractivity contribution in [2.75, 3.05) is 6.61 Å². The van der Waals surface area contributed by atoms with E-state index in [2.05, 4.69) is 4.98 Å². The van der Waals surface area contributed by atoms with Gasteiger partial charge in [-0.25, -0.2) is 0 Å². The first-order valence-corrected chi connectivity index (χ1v) is 9.44. The summed E-state index contributed by atoms with van der Waals surface area (Å²) in [6.45, 7) is -0.319. The monoisotopic (exact) mass is 434 g/mol. The van der Waals surface area contributed by atoms with Gasteiger partial charge >= 0.3 is 141 Å². The fourth-order valence-electron chi connectivity index (χ4n) is 2.42. The Morgan fingerprint density at radius 3 is 2.70 bits per heavy atom. The van der Waals surface area contributed by atoms with Crippen LogP contribution in [0, 0.1) is 0 Å². The van der Waals surface area contributed by atoms with Crippen molar-refractivity contribution in [1.82, 2.24) is 9.55 Å². The predicted molar refractivity (Wildman–Crippen MR) is 84.4 cm³/mol. The number of hydrogen-bond donors (Lipinski definition) is 3. The van der Waals surface area contributed by atoms with Gasteiger partial charge in [0.15, 0.2) is 0 Å². The molecule has 7 nitrogen and oxygen atoms in total. The summed E-state index contributed by atoms with van der Waals surface area (Å²) in [5, 5.41) is 18.9. The maximum absolute atomic E-state index is 12.0. The first-order chi connectivity index (χ1) is 11.1. The van der Waals surface area contributed by atoms with Crippen LogP contribution >= 0.6 is 0 Å². The summed E-state index contributed by atoms with van der Waals surface area (Å²) in [5.41, 5.74) is -0.954. The molecule has 0 bridgehead atoms. The van der Waals surface area contributed by atoms with Gasteiger partial charge in [0.1, 0.15) is 0 Å². The van der Waals surface area contributed by atoms with E-state index in [0.717, 1.165) is 3.61 Å². The molecule has 0 spiro atoms. The zero-order valence-corrected chi connectivity index (χ0v) is 14.4. The normalized spacial score (nSPS) is 24.0. The maximum atomic E-state index is 12.0. The molecule has 3 rings (SSSR count). The second kappa shape index (κ2) is 6.99. The second-order valence-corrected chi connectivity index (χ2v) is 8.37. The van der Waals surface area contributed by atoms with Crippen molar-refractivity contribution in [3.63, 3.8) is 0 Å². The van der Waals surface area contributed by atoms with E-state index in [9.17, 15) is 14.7 Å². The van der Waals surface area contributed by atoms with Crippen LogP contribution in [0.5, 0.6) is 0 Å². The Labute approximate surface area is 141 Å². The molecule has 0 aliphatic carbocycles. The summed E-state index contributed by atoms with van der Waals surface area (Å²) < 4.78 is 8.42. The van der Waals surface area contributed by atoms with Crippen LogP contribution in [0.1, 0.15) is 12.6 Å². The van der Waals surface area contributed by atoms with Gasteiger partial charge in [-0.3, -0.25) is 0 Å². The van der Waals surface area contributed by atoms with Gasteiger partial charge < -0.3 is 0 Å². The number of nitrogens with one attached hydrogen (secondary N) is 1. The van der Waals surface area contributed by atoms with Gasteiger partial charge in [0.25, 0.3) is 0 Å². The van der Waals surface area contributed by atoms with Crippen LogP contribution in [0.25, 0.3) is 0 Å². The molecular weight excluding hydrogens is 416 g/mol. The minimum absolute atomic E-state index is 0.197. The van der Waals surface area contributed by atoms with Gasteiger partial charge in [-0.1, -0.05) is 0 Å². The summed E-state index contributed by atoms with van der Waals surface area (Å²) in [6, 6.07) is 9.63. The van der Waals surface area contributed by atoms with Gasteiger partial charge in [-0.05, 0) is 0 Å². The first kappa shape index (κ1) is 16.4. The molecule has 8 heteroatoms. The van der Waals surface area contributed by atoms with Gasteiger partial charge in [-0.15, -0.1) is 0 Å². The Balaban J connectivity index is 1.92. The zero-order chi connectivity index (χ0) is 16.4. The van der Waals surface area contributed by atoms with Crippen molar-refractivity contribution < 1.29 is 14.9 Å². The van der Waals surface area contributed by atoms with E-state index in [1.165, 1.54) is 10.8 Å². The average Bonchev–Trinajstić information content (AvgIpc) is 2.91. The average molecular weight is 432 g/mol. The number of aliphatic hydroxyl groups excluding tert-OH is 2. The summed E-state index contributed by atoms with van der Waals surface area (Å²) in [7, 11) is 0. The summed E-state index contributed by atoms with van der Waals surface area (Å²) in [6.07, 6.45) is -0.519. The van der Waals surface area contributed by atoms with Crippen LogP contribution in [0.3, 0.4) is 0 Å². The number of hydrogen-bond acceptors (Lipinski definition) is 5. The third kappa shape index (κ3) is 3.57. The topological polar surface area (TPSA) is 105 Å². The molecule has 0 unspecified atom stereocenters. The van der Waals surface area contributed by atoms with E-state index in [1.807, 2.05) is 30.3 Å². The van der Waals surface area contributed by atoms with Gasteiger partial charge in [0, 0.05) is 0 Å². The molecule has 1 aromatic carbocycles. The van der Waals surface area contributed by atoms with Crippen molar-refractivity contribution in [1.29, 1.82) is 0 Å². The van der Waals surface area contributed by atoms with Gasteiger partial charge in [0.05, 0.1) is 0 Å². The van der Waals surface area contributed by atoms with Crippen molar-refractivity contribution >= 4 is 28.1 Å². The second-order valence-electron chi connectivity index (χ2n) is 5.19. The molecule has 1 saturated heterocycles. The van der Waals surface area contributed by atoms with Crippen LogP contribution < -0.4 is 18.5 Å². The standard InChI is InChI=1S/C15H16N2O5Te/c18-8-11-10(19)6-13(22-11)17-7-12(14(20)16-15(17)21)23-9-4-2-1-3-5-9/h1-5,7,10-11,13,18-19H,6,8H2,(H,16,20,21)/t10-,11+,13+/m0/s1. The molecule has 0 radical (unpaired) electrons. The van der Waals surface area contributed by atoms with E-state index in [-0.39, 0.29) is 18.6 Å². The zero-order valence-electron chi connectivity index (χ0n) is 12.1. The summed E-state index contributed by atoms with van der Waals surface area (Å²) >= 11 is -0.939. The number of ether oxygens (including phenoxy) is 1.